The second kappa shape index (κ2) is 9.09. The van der Waals surface area contributed by atoms with Gasteiger partial charge in [-0.05, 0) is 49.2 Å². The normalized spacial score (nSPS) is 13.7. The van der Waals surface area contributed by atoms with Crippen LogP contribution in [0.5, 0.6) is 0 Å². The number of nitrogens with one attached hydrogen (secondary N) is 1. The third-order valence-corrected chi connectivity index (χ3v) is 5.68. The molecule has 1 aliphatic rings. The molecule has 164 valence electrons. The molecule has 1 aliphatic heterocycles. The van der Waals surface area contributed by atoms with Crippen molar-refractivity contribution in [2.24, 2.45) is 0 Å². The van der Waals surface area contributed by atoms with Crippen molar-refractivity contribution in [3.8, 4) is 0 Å². The lowest BCUT2D eigenvalue weighted by Gasteiger charge is -2.38. The van der Waals surface area contributed by atoms with Gasteiger partial charge in [0.2, 0.25) is 0 Å². The number of pyridine rings is 1. The summed E-state index contributed by atoms with van der Waals surface area (Å²) in [7, 11) is 0. The molecule has 1 saturated heterocycles. The number of piperazine rings is 1. The van der Waals surface area contributed by atoms with Crippen LogP contribution in [-0.4, -0.2) is 48.1 Å². The van der Waals surface area contributed by atoms with Crippen molar-refractivity contribution in [3.05, 3.63) is 83.0 Å². The van der Waals surface area contributed by atoms with E-state index < -0.39 is 5.97 Å². The van der Waals surface area contributed by atoms with Crippen LogP contribution in [0.4, 0.5) is 17.2 Å². The standard InChI is InChI=1S/C25H26N4O3/c1-17-8-9-18(2)22(14-17)28-10-12-29(13-11-28)23-21(25(31)32)15-20(16-26-23)27-24(30)19-6-4-3-5-7-19/h3-9,14-16H,10-13H2,1-2H3,(H,27,30)(H,31,32). The van der Waals surface area contributed by atoms with Crippen LogP contribution in [0.15, 0.2) is 60.8 Å². The number of aromatic carboxylic acids is 1. The number of nitrogens with zero attached hydrogens (tertiary/aromatic N) is 3. The van der Waals surface area contributed by atoms with Gasteiger partial charge in [0, 0.05) is 37.4 Å². The summed E-state index contributed by atoms with van der Waals surface area (Å²) in [5.41, 5.74) is 4.60. The summed E-state index contributed by atoms with van der Waals surface area (Å²) in [6.45, 7) is 7.07. The molecular formula is C25H26N4O3. The number of carbonyl (C=O) groups is 2. The van der Waals surface area contributed by atoms with E-state index in [1.807, 2.05) is 11.0 Å². The van der Waals surface area contributed by atoms with Crippen LogP contribution in [0, 0.1) is 13.8 Å². The molecule has 0 unspecified atom stereocenters. The van der Waals surface area contributed by atoms with Crippen molar-refractivity contribution in [1.82, 2.24) is 4.98 Å². The Morgan fingerprint density at radius 2 is 1.62 bits per heavy atom. The van der Waals surface area contributed by atoms with Crippen LogP contribution in [-0.2, 0) is 0 Å². The Kier molecular flexibility index (Phi) is 6.07. The van der Waals surface area contributed by atoms with Crippen LogP contribution in [0.3, 0.4) is 0 Å². The largest absolute Gasteiger partial charge is 0.478 e. The molecule has 2 N–H and O–H groups in total. The van der Waals surface area contributed by atoms with Crippen molar-refractivity contribution in [2.75, 3.05) is 41.3 Å². The first-order valence-corrected chi connectivity index (χ1v) is 10.6. The maximum atomic E-state index is 12.4. The molecule has 3 aromatic rings. The number of amides is 1. The summed E-state index contributed by atoms with van der Waals surface area (Å²) in [6, 6.07) is 16.7. The average Bonchev–Trinajstić information content (AvgIpc) is 2.81. The molecule has 0 saturated carbocycles. The Labute approximate surface area is 187 Å². The summed E-state index contributed by atoms with van der Waals surface area (Å²) in [5, 5.41) is 12.5. The van der Waals surface area contributed by atoms with Gasteiger partial charge in [-0.1, -0.05) is 30.3 Å². The first-order valence-electron chi connectivity index (χ1n) is 10.6. The van der Waals surface area contributed by atoms with Gasteiger partial charge >= 0.3 is 5.97 Å². The van der Waals surface area contributed by atoms with Crippen molar-refractivity contribution >= 4 is 29.1 Å². The molecule has 7 nitrogen and oxygen atoms in total. The zero-order chi connectivity index (χ0) is 22.7. The highest BCUT2D eigenvalue weighted by molar-refractivity contribution is 6.05. The van der Waals surface area contributed by atoms with E-state index in [2.05, 4.69) is 47.2 Å². The summed E-state index contributed by atoms with van der Waals surface area (Å²) in [4.78, 5) is 33.1. The first kappa shape index (κ1) is 21.4. The Balaban J connectivity index is 1.50. The zero-order valence-electron chi connectivity index (χ0n) is 18.2. The van der Waals surface area contributed by atoms with Crippen molar-refractivity contribution in [1.29, 1.82) is 0 Å². The Hall–Kier alpha value is -3.87. The van der Waals surface area contributed by atoms with Crippen molar-refractivity contribution in [3.63, 3.8) is 0 Å². The predicted octanol–water partition coefficient (Wildman–Crippen LogP) is 3.98. The quantitative estimate of drug-likeness (QED) is 0.637. The maximum absolute atomic E-state index is 12.4. The molecule has 32 heavy (non-hydrogen) atoms. The van der Waals surface area contributed by atoms with Crippen LogP contribution >= 0.6 is 0 Å². The van der Waals surface area contributed by atoms with E-state index in [1.54, 1.807) is 24.3 Å². The first-order chi connectivity index (χ1) is 15.4. The molecule has 7 heteroatoms. The van der Waals surface area contributed by atoms with E-state index in [9.17, 15) is 14.7 Å². The van der Waals surface area contributed by atoms with Crippen LogP contribution in [0.25, 0.3) is 0 Å². The smallest absolute Gasteiger partial charge is 0.339 e. The average molecular weight is 431 g/mol. The molecule has 0 atom stereocenters. The molecule has 0 spiro atoms. The van der Waals surface area contributed by atoms with Gasteiger partial charge in [0.15, 0.2) is 0 Å². The number of hydrogen-bond acceptors (Lipinski definition) is 5. The molecule has 1 amide bonds. The number of rotatable bonds is 5. The van der Waals surface area contributed by atoms with Crippen molar-refractivity contribution in [2.45, 2.75) is 13.8 Å². The second-order valence-electron chi connectivity index (χ2n) is 7.98. The van der Waals surface area contributed by atoms with E-state index in [4.69, 9.17) is 0 Å². The third kappa shape index (κ3) is 4.56. The lowest BCUT2D eigenvalue weighted by Crippen LogP contribution is -2.47. The molecule has 0 aliphatic carbocycles. The number of aromatic nitrogens is 1. The minimum absolute atomic E-state index is 0.0797. The van der Waals surface area contributed by atoms with Crippen molar-refractivity contribution < 1.29 is 14.7 Å². The Bertz CT molecular complexity index is 1140. The van der Waals surface area contributed by atoms with Gasteiger partial charge in [0.1, 0.15) is 11.4 Å². The summed E-state index contributed by atoms with van der Waals surface area (Å²) in [6.07, 6.45) is 1.51. The maximum Gasteiger partial charge on any atom is 0.339 e. The number of hydrogen-bond donors (Lipinski definition) is 2. The molecule has 0 bridgehead atoms. The minimum atomic E-state index is -1.07. The number of carboxylic acid groups (broad SMARTS) is 1. The topological polar surface area (TPSA) is 85.8 Å². The fourth-order valence-corrected chi connectivity index (χ4v) is 3.95. The van der Waals surface area contributed by atoms with Crippen LogP contribution in [0.1, 0.15) is 31.8 Å². The number of aryl methyl sites for hydroxylation is 2. The molecular weight excluding hydrogens is 404 g/mol. The SMILES string of the molecule is Cc1ccc(C)c(N2CCN(c3ncc(NC(=O)c4ccccc4)cc3C(=O)O)CC2)c1. The number of carbonyl (C=O) groups excluding carboxylic acids is 1. The minimum Gasteiger partial charge on any atom is -0.478 e. The fraction of sp³-hybridized carbons (Fsp3) is 0.240. The van der Waals surface area contributed by atoms with Gasteiger partial charge in [0.25, 0.3) is 5.91 Å². The van der Waals surface area contributed by atoms with E-state index in [-0.39, 0.29) is 11.5 Å². The van der Waals surface area contributed by atoms with Crippen LogP contribution in [0.2, 0.25) is 0 Å². The summed E-state index contributed by atoms with van der Waals surface area (Å²) < 4.78 is 0. The van der Waals surface area contributed by atoms with Gasteiger partial charge in [-0.15, -0.1) is 0 Å². The van der Waals surface area contributed by atoms with Gasteiger partial charge in [-0.25, -0.2) is 9.78 Å². The number of benzene rings is 2. The van der Waals surface area contributed by atoms with E-state index in [0.717, 1.165) is 13.1 Å². The predicted molar refractivity (Wildman–Crippen MR) is 126 cm³/mol. The lowest BCUT2D eigenvalue weighted by atomic mass is 10.1. The monoisotopic (exact) mass is 430 g/mol. The van der Waals surface area contributed by atoms with Gasteiger partial charge in [-0.3, -0.25) is 4.79 Å². The highest BCUT2D eigenvalue weighted by Gasteiger charge is 2.24. The number of anilines is 3. The Morgan fingerprint density at radius 3 is 2.31 bits per heavy atom. The number of carboxylic acids is 1. The summed E-state index contributed by atoms with van der Waals surface area (Å²) >= 11 is 0. The molecule has 4 rings (SSSR count). The molecule has 2 aromatic carbocycles. The highest BCUT2D eigenvalue weighted by atomic mass is 16.4. The van der Waals surface area contributed by atoms with E-state index in [0.29, 0.717) is 30.2 Å². The van der Waals surface area contributed by atoms with Gasteiger partial charge < -0.3 is 20.2 Å². The van der Waals surface area contributed by atoms with E-state index >= 15 is 0 Å². The molecule has 1 fully saturated rings. The Morgan fingerprint density at radius 1 is 0.938 bits per heavy atom. The zero-order valence-corrected chi connectivity index (χ0v) is 18.2. The molecule has 2 heterocycles. The lowest BCUT2D eigenvalue weighted by molar-refractivity contribution is 0.0696. The third-order valence-electron chi connectivity index (χ3n) is 5.68. The summed E-state index contributed by atoms with van der Waals surface area (Å²) in [5.74, 6) is -0.949. The second-order valence-corrected chi connectivity index (χ2v) is 7.98. The van der Waals surface area contributed by atoms with Crippen LogP contribution < -0.4 is 15.1 Å². The van der Waals surface area contributed by atoms with Gasteiger partial charge in [0.05, 0.1) is 11.9 Å². The highest BCUT2D eigenvalue weighted by Crippen LogP contribution is 2.26. The van der Waals surface area contributed by atoms with Gasteiger partial charge in [-0.2, -0.15) is 0 Å². The molecule has 0 radical (unpaired) electrons. The van der Waals surface area contributed by atoms with E-state index in [1.165, 1.54) is 29.1 Å². The fourth-order valence-electron chi connectivity index (χ4n) is 3.95. The molecule has 1 aromatic heterocycles.